The van der Waals surface area contributed by atoms with Gasteiger partial charge in [-0.25, -0.2) is 17.2 Å². The molecule has 0 aromatic heterocycles. The van der Waals surface area contributed by atoms with Gasteiger partial charge in [0.1, 0.15) is 11.6 Å². The highest BCUT2D eigenvalue weighted by Gasteiger charge is 2.32. The van der Waals surface area contributed by atoms with Gasteiger partial charge in [0.15, 0.2) is 0 Å². The molecule has 19 heavy (non-hydrogen) atoms. The number of nitrogens with zero attached hydrogens (tertiary/aromatic N) is 1. The Morgan fingerprint density at radius 3 is 2.53 bits per heavy atom. The van der Waals surface area contributed by atoms with Crippen molar-refractivity contribution < 1.29 is 17.2 Å². The molecule has 0 aliphatic carbocycles. The summed E-state index contributed by atoms with van der Waals surface area (Å²) in [4.78, 5) is -0.324. The van der Waals surface area contributed by atoms with Crippen LogP contribution in [0.5, 0.6) is 0 Å². The molecule has 0 amide bonds. The van der Waals surface area contributed by atoms with Crippen LogP contribution in [0.15, 0.2) is 23.1 Å². The van der Waals surface area contributed by atoms with Gasteiger partial charge in [-0.2, -0.15) is 4.31 Å². The number of nitrogens with one attached hydrogen (secondary N) is 1. The van der Waals surface area contributed by atoms with E-state index in [0.717, 1.165) is 25.1 Å². The van der Waals surface area contributed by atoms with Gasteiger partial charge in [0, 0.05) is 19.2 Å². The van der Waals surface area contributed by atoms with Crippen molar-refractivity contribution in [1.82, 2.24) is 9.62 Å². The van der Waals surface area contributed by atoms with E-state index < -0.39 is 21.7 Å². The molecule has 0 radical (unpaired) electrons. The van der Waals surface area contributed by atoms with E-state index in [2.05, 4.69) is 5.32 Å². The fraction of sp³-hybridized carbons (Fsp3) is 0.500. The fourth-order valence-electron chi connectivity index (χ4n) is 2.30. The summed E-state index contributed by atoms with van der Waals surface area (Å²) in [7, 11) is -2.00. The number of hydrogen-bond acceptors (Lipinski definition) is 3. The molecule has 0 bridgehead atoms. The zero-order chi connectivity index (χ0) is 14.0. The molecule has 1 saturated heterocycles. The first-order valence-electron chi connectivity index (χ1n) is 6.04. The normalized spacial score (nSPS) is 20.9. The van der Waals surface area contributed by atoms with E-state index in [1.807, 2.05) is 0 Å². The van der Waals surface area contributed by atoms with Gasteiger partial charge in [0.05, 0.1) is 4.90 Å². The minimum absolute atomic E-state index is 0.234. The lowest BCUT2D eigenvalue weighted by Gasteiger charge is -2.16. The summed E-state index contributed by atoms with van der Waals surface area (Å²) in [6.45, 7) is 1.48. The van der Waals surface area contributed by atoms with Crippen molar-refractivity contribution in [2.45, 2.75) is 11.3 Å². The molecule has 0 saturated carbocycles. The Labute approximate surface area is 111 Å². The number of halogens is 2. The molecule has 1 aromatic rings. The third-order valence-corrected chi connectivity index (χ3v) is 5.06. The second kappa shape index (κ2) is 5.52. The number of sulfonamides is 1. The molecule has 1 heterocycles. The predicted molar refractivity (Wildman–Crippen MR) is 67.2 cm³/mol. The van der Waals surface area contributed by atoms with Crippen LogP contribution in [0.25, 0.3) is 0 Å². The minimum atomic E-state index is -3.81. The average Bonchev–Trinajstić information content (AvgIpc) is 2.77. The first kappa shape index (κ1) is 14.4. The molecule has 1 aliphatic rings. The number of hydrogen-bond donors (Lipinski definition) is 1. The first-order chi connectivity index (χ1) is 8.93. The monoisotopic (exact) mass is 290 g/mol. The summed E-state index contributed by atoms with van der Waals surface area (Å²) < 4.78 is 52.0. The van der Waals surface area contributed by atoms with Crippen LogP contribution in [0.3, 0.4) is 0 Å². The Morgan fingerprint density at radius 1 is 1.32 bits per heavy atom. The van der Waals surface area contributed by atoms with E-state index in [9.17, 15) is 17.2 Å². The van der Waals surface area contributed by atoms with Crippen LogP contribution >= 0.6 is 0 Å². The second-order valence-corrected chi connectivity index (χ2v) is 6.62. The third kappa shape index (κ3) is 3.10. The standard InChI is InChI=1S/C12H16F2N2O2S/c1-15-7-9-2-3-16(8-9)19(17,18)12-5-10(13)4-11(14)6-12/h4-6,9,15H,2-3,7-8H2,1H3. The van der Waals surface area contributed by atoms with Gasteiger partial charge in [-0.3, -0.25) is 0 Å². The Morgan fingerprint density at radius 2 is 1.95 bits per heavy atom. The lowest BCUT2D eigenvalue weighted by Crippen LogP contribution is -2.30. The summed E-state index contributed by atoms with van der Waals surface area (Å²) in [6.07, 6.45) is 0.748. The van der Waals surface area contributed by atoms with E-state index in [0.29, 0.717) is 19.2 Å². The highest BCUT2D eigenvalue weighted by Crippen LogP contribution is 2.25. The Balaban J connectivity index is 2.23. The van der Waals surface area contributed by atoms with Crippen molar-refractivity contribution in [3.63, 3.8) is 0 Å². The van der Waals surface area contributed by atoms with Gasteiger partial charge >= 0.3 is 0 Å². The Kier molecular flexibility index (Phi) is 4.17. The van der Waals surface area contributed by atoms with Gasteiger partial charge in [0.25, 0.3) is 0 Å². The largest absolute Gasteiger partial charge is 0.319 e. The maximum absolute atomic E-state index is 13.1. The van der Waals surface area contributed by atoms with E-state index in [4.69, 9.17) is 0 Å². The van der Waals surface area contributed by atoms with Gasteiger partial charge < -0.3 is 5.32 Å². The van der Waals surface area contributed by atoms with Crippen molar-refractivity contribution in [3.8, 4) is 0 Å². The molecular weight excluding hydrogens is 274 g/mol. The first-order valence-corrected chi connectivity index (χ1v) is 7.48. The maximum atomic E-state index is 13.1. The molecule has 2 rings (SSSR count). The molecule has 7 heteroatoms. The summed E-state index contributed by atoms with van der Waals surface area (Å²) in [5, 5.41) is 3.00. The third-order valence-electron chi connectivity index (χ3n) is 3.22. The predicted octanol–water partition coefficient (Wildman–Crippen LogP) is 1.19. The lowest BCUT2D eigenvalue weighted by molar-refractivity contribution is 0.449. The minimum Gasteiger partial charge on any atom is -0.319 e. The van der Waals surface area contributed by atoms with Crippen LogP contribution in [0.4, 0.5) is 8.78 Å². The molecule has 1 unspecified atom stereocenters. The van der Waals surface area contributed by atoms with Gasteiger partial charge in [-0.1, -0.05) is 0 Å². The maximum Gasteiger partial charge on any atom is 0.243 e. The van der Waals surface area contributed by atoms with Crippen molar-refractivity contribution in [2.75, 3.05) is 26.7 Å². The summed E-state index contributed by atoms with van der Waals surface area (Å²) in [5.74, 6) is -1.53. The van der Waals surface area contributed by atoms with Crippen LogP contribution in [-0.4, -0.2) is 39.4 Å². The van der Waals surface area contributed by atoms with Crippen LogP contribution < -0.4 is 5.32 Å². The highest BCUT2D eigenvalue weighted by atomic mass is 32.2. The van der Waals surface area contributed by atoms with Crippen molar-refractivity contribution in [3.05, 3.63) is 29.8 Å². The van der Waals surface area contributed by atoms with Crippen LogP contribution in [0, 0.1) is 17.6 Å². The average molecular weight is 290 g/mol. The van der Waals surface area contributed by atoms with Gasteiger partial charge in [-0.15, -0.1) is 0 Å². The summed E-state index contributed by atoms with van der Waals surface area (Å²) >= 11 is 0. The van der Waals surface area contributed by atoms with Gasteiger partial charge in [0.2, 0.25) is 10.0 Å². The molecule has 106 valence electrons. The molecule has 1 atom stereocenters. The van der Waals surface area contributed by atoms with E-state index >= 15 is 0 Å². The quantitative estimate of drug-likeness (QED) is 0.906. The van der Waals surface area contributed by atoms with E-state index in [-0.39, 0.29) is 10.8 Å². The molecule has 1 fully saturated rings. The Hall–Kier alpha value is -1.05. The van der Waals surface area contributed by atoms with E-state index in [1.165, 1.54) is 4.31 Å². The van der Waals surface area contributed by atoms with Crippen LogP contribution in [0.1, 0.15) is 6.42 Å². The number of rotatable bonds is 4. The molecule has 1 N–H and O–H groups in total. The fourth-order valence-corrected chi connectivity index (χ4v) is 3.87. The van der Waals surface area contributed by atoms with E-state index in [1.54, 1.807) is 7.05 Å². The SMILES string of the molecule is CNCC1CCN(S(=O)(=O)c2cc(F)cc(F)c2)C1. The molecule has 1 aliphatic heterocycles. The topological polar surface area (TPSA) is 49.4 Å². The smallest absolute Gasteiger partial charge is 0.243 e. The molecule has 0 spiro atoms. The summed E-state index contributed by atoms with van der Waals surface area (Å²) in [6, 6.07) is 2.36. The lowest BCUT2D eigenvalue weighted by atomic mass is 10.1. The number of benzene rings is 1. The van der Waals surface area contributed by atoms with Crippen molar-refractivity contribution in [2.24, 2.45) is 5.92 Å². The van der Waals surface area contributed by atoms with Crippen LogP contribution in [0.2, 0.25) is 0 Å². The zero-order valence-corrected chi connectivity index (χ0v) is 11.4. The molecule has 1 aromatic carbocycles. The van der Waals surface area contributed by atoms with Crippen molar-refractivity contribution in [1.29, 1.82) is 0 Å². The molecular formula is C12H16F2N2O2S. The highest BCUT2D eigenvalue weighted by molar-refractivity contribution is 7.89. The zero-order valence-electron chi connectivity index (χ0n) is 10.6. The summed E-state index contributed by atoms with van der Waals surface area (Å²) in [5.41, 5.74) is 0. The Bertz CT molecular complexity index is 543. The van der Waals surface area contributed by atoms with Crippen LogP contribution in [-0.2, 0) is 10.0 Å². The van der Waals surface area contributed by atoms with Gasteiger partial charge in [-0.05, 0) is 38.1 Å². The van der Waals surface area contributed by atoms with Crippen molar-refractivity contribution >= 4 is 10.0 Å². The second-order valence-electron chi connectivity index (χ2n) is 4.68. The molecule has 4 nitrogen and oxygen atoms in total.